The highest BCUT2D eigenvalue weighted by atomic mass is 32.1. The van der Waals surface area contributed by atoms with Crippen LogP contribution in [0.3, 0.4) is 0 Å². The van der Waals surface area contributed by atoms with Crippen molar-refractivity contribution in [3.05, 3.63) is 88.5 Å². The third-order valence-corrected chi connectivity index (χ3v) is 6.50. The molecular weight excluding hydrogens is 442 g/mol. The molecule has 2 heterocycles. The van der Waals surface area contributed by atoms with Crippen LogP contribution in [0.2, 0.25) is 0 Å². The maximum atomic E-state index is 14.7. The van der Waals surface area contributed by atoms with Crippen LogP contribution in [0.1, 0.15) is 33.1 Å². The van der Waals surface area contributed by atoms with E-state index in [1.165, 1.54) is 29.0 Å². The molecule has 1 atom stereocenters. The minimum atomic E-state index is -0.888. The first-order chi connectivity index (χ1) is 15.9. The zero-order valence-corrected chi connectivity index (χ0v) is 19.2. The SMILES string of the molecule is C=C[C@@H](Cc1ccc(C)cc1)c1csc(NC(=O)c2c(F)cc(N3CCNCC3)cc2F)n1. The topological polar surface area (TPSA) is 57.3 Å². The van der Waals surface area contributed by atoms with Crippen molar-refractivity contribution in [1.29, 1.82) is 0 Å². The number of halogens is 2. The van der Waals surface area contributed by atoms with E-state index in [0.717, 1.165) is 30.8 Å². The van der Waals surface area contributed by atoms with E-state index in [2.05, 4.69) is 46.5 Å². The van der Waals surface area contributed by atoms with Gasteiger partial charge in [-0.2, -0.15) is 0 Å². The number of nitrogens with zero attached hydrogens (tertiary/aromatic N) is 2. The lowest BCUT2D eigenvalue weighted by atomic mass is 9.96. The first-order valence-electron chi connectivity index (χ1n) is 10.8. The molecule has 172 valence electrons. The monoisotopic (exact) mass is 468 g/mol. The molecule has 0 bridgehead atoms. The van der Waals surface area contributed by atoms with Crippen LogP contribution < -0.4 is 15.5 Å². The molecular formula is C25H26F2N4OS. The summed E-state index contributed by atoms with van der Waals surface area (Å²) < 4.78 is 29.4. The number of carbonyl (C=O) groups is 1. The lowest BCUT2D eigenvalue weighted by Gasteiger charge is -2.29. The van der Waals surface area contributed by atoms with Gasteiger partial charge in [-0.3, -0.25) is 10.1 Å². The smallest absolute Gasteiger partial charge is 0.263 e. The molecule has 0 unspecified atom stereocenters. The minimum absolute atomic E-state index is 0.0404. The predicted molar refractivity (Wildman–Crippen MR) is 129 cm³/mol. The van der Waals surface area contributed by atoms with Gasteiger partial charge < -0.3 is 10.2 Å². The highest BCUT2D eigenvalue weighted by Gasteiger charge is 2.23. The average Bonchev–Trinajstić information content (AvgIpc) is 3.27. The summed E-state index contributed by atoms with van der Waals surface area (Å²) in [5.41, 5.74) is 2.92. The maximum Gasteiger partial charge on any atom is 0.263 e. The number of hydrogen-bond acceptors (Lipinski definition) is 5. The number of amides is 1. The average molecular weight is 469 g/mol. The second-order valence-corrected chi connectivity index (χ2v) is 8.94. The molecule has 33 heavy (non-hydrogen) atoms. The number of aromatic nitrogens is 1. The number of allylic oxidation sites excluding steroid dienone is 1. The Labute approximate surface area is 196 Å². The summed E-state index contributed by atoms with van der Waals surface area (Å²) >= 11 is 1.22. The Kier molecular flexibility index (Phi) is 7.15. The Balaban J connectivity index is 1.46. The molecule has 1 aliphatic heterocycles. The number of benzene rings is 2. The standard InChI is InChI=1S/C25H26F2N4OS/c1-3-18(12-17-6-4-16(2)5-7-17)22-15-33-25(29-22)30-24(32)23-20(26)13-19(14-21(23)27)31-10-8-28-9-11-31/h3-7,13-15,18,28H,1,8-12H2,2H3,(H,29,30,32)/t18-/m0/s1. The summed E-state index contributed by atoms with van der Waals surface area (Å²) in [6, 6.07) is 10.7. The normalized spacial score (nSPS) is 14.7. The fourth-order valence-electron chi connectivity index (χ4n) is 3.84. The molecule has 5 nitrogen and oxygen atoms in total. The van der Waals surface area contributed by atoms with E-state index in [-0.39, 0.29) is 11.0 Å². The predicted octanol–water partition coefficient (Wildman–Crippen LogP) is 4.90. The number of rotatable bonds is 7. The summed E-state index contributed by atoms with van der Waals surface area (Å²) in [7, 11) is 0. The Morgan fingerprint density at radius 1 is 1.24 bits per heavy atom. The van der Waals surface area contributed by atoms with Gasteiger partial charge in [-0.15, -0.1) is 17.9 Å². The van der Waals surface area contributed by atoms with Crippen LogP contribution in [-0.4, -0.2) is 37.1 Å². The molecule has 1 saturated heterocycles. The molecule has 1 fully saturated rings. The molecule has 3 aromatic rings. The molecule has 2 N–H and O–H groups in total. The Bertz CT molecular complexity index is 1120. The lowest BCUT2D eigenvalue weighted by molar-refractivity contribution is 0.101. The molecule has 0 spiro atoms. The van der Waals surface area contributed by atoms with Crippen LogP contribution in [0, 0.1) is 18.6 Å². The number of anilines is 2. The summed E-state index contributed by atoms with van der Waals surface area (Å²) in [5.74, 6) is -2.67. The van der Waals surface area contributed by atoms with E-state index in [1.54, 1.807) is 0 Å². The van der Waals surface area contributed by atoms with Crippen LogP contribution >= 0.6 is 11.3 Å². The van der Waals surface area contributed by atoms with Crippen molar-refractivity contribution in [1.82, 2.24) is 10.3 Å². The summed E-state index contributed by atoms with van der Waals surface area (Å²) in [6.07, 6.45) is 2.53. The molecule has 1 aliphatic rings. The van der Waals surface area contributed by atoms with Gasteiger partial charge in [-0.1, -0.05) is 35.9 Å². The van der Waals surface area contributed by atoms with Gasteiger partial charge in [0.25, 0.3) is 5.91 Å². The van der Waals surface area contributed by atoms with Crippen molar-refractivity contribution in [3.63, 3.8) is 0 Å². The zero-order chi connectivity index (χ0) is 23.4. The maximum absolute atomic E-state index is 14.7. The number of thiazole rings is 1. The highest BCUT2D eigenvalue weighted by molar-refractivity contribution is 7.14. The summed E-state index contributed by atoms with van der Waals surface area (Å²) in [4.78, 5) is 19.0. The third-order valence-electron chi connectivity index (χ3n) is 5.72. The Morgan fingerprint density at radius 3 is 2.55 bits per heavy atom. The van der Waals surface area contributed by atoms with Gasteiger partial charge in [0.2, 0.25) is 0 Å². The molecule has 1 amide bonds. The Morgan fingerprint density at radius 2 is 1.91 bits per heavy atom. The lowest BCUT2D eigenvalue weighted by Crippen LogP contribution is -2.43. The van der Waals surface area contributed by atoms with E-state index in [0.29, 0.717) is 18.8 Å². The highest BCUT2D eigenvalue weighted by Crippen LogP contribution is 2.28. The second-order valence-electron chi connectivity index (χ2n) is 8.09. The fourth-order valence-corrected chi connectivity index (χ4v) is 4.61. The van der Waals surface area contributed by atoms with E-state index in [9.17, 15) is 13.6 Å². The number of aryl methyl sites for hydroxylation is 1. The van der Waals surface area contributed by atoms with Crippen molar-refractivity contribution in [3.8, 4) is 0 Å². The van der Waals surface area contributed by atoms with Crippen LogP contribution in [0.4, 0.5) is 19.6 Å². The number of nitrogens with one attached hydrogen (secondary N) is 2. The van der Waals surface area contributed by atoms with Gasteiger partial charge in [0.1, 0.15) is 17.2 Å². The van der Waals surface area contributed by atoms with Crippen LogP contribution in [-0.2, 0) is 6.42 Å². The third kappa shape index (κ3) is 5.46. The van der Waals surface area contributed by atoms with Crippen LogP contribution in [0.15, 0.2) is 54.4 Å². The van der Waals surface area contributed by atoms with E-state index < -0.39 is 23.1 Å². The van der Waals surface area contributed by atoms with Gasteiger partial charge in [0, 0.05) is 43.2 Å². The van der Waals surface area contributed by atoms with Crippen LogP contribution in [0.5, 0.6) is 0 Å². The van der Waals surface area contributed by atoms with Gasteiger partial charge >= 0.3 is 0 Å². The molecule has 0 radical (unpaired) electrons. The van der Waals surface area contributed by atoms with Crippen molar-refractivity contribution in [2.45, 2.75) is 19.3 Å². The summed E-state index contributed by atoms with van der Waals surface area (Å²) in [6.45, 7) is 8.74. The molecule has 1 aromatic heterocycles. The van der Waals surface area contributed by atoms with Gasteiger partial charge in [-0.05, 0) is 31.0 Å². The minimum Gasteiger partial charge on any atom is -0.369 e. The molecule has 0 aliphatic carbocycles. The largest absolute Gasteiger partial charge is 0.369 e. The van der Waals surface area contributed by atoms with Crippen molar-refractivity contribution < 1.29 is 13.6 Å². The van der Waals surface area contributed by atoms with E-state index in [4.69, 9.17) is 0 Å². The van der Waals surface area contributed by atoms with Crippen LogP contribution in [0.25, 0.3) is 0 Å². The fraction of sp³-hybridized carbons (Fsp3) is 0.280. The van der Waals surface area contributed by atoms with Crippen molar-refractivity contribution in [2.75, 3.05) is 36.4 Å². The van der Waals surface area contributed by atoms with E-state index >= 15 is 0 Å². The van der Waals surface area contributed by atoms with Gasteiger partial charge in [0.15, 0.2) is 5.13 Å². The summed E-state index contributed by atoms with van der Waals surface area (Å²) in [5, 5.41) is 7.85. The van der Waals surface area contributed by atoms with Crippen molar-refractivity contribution in [2.24, 2.45) is 0 Å². The zero-order valence-electron chi connectivity index (χ0n) is 18.4. The first kappa shape index (κ1) is 23.1. The van der Waals surface area contributed by atoms with Gasteiger partial charge in [-0.25, -0.2) is 13.8 Å². The molecule has 8 heteroatoms. The second kappa shape index (κ2) is 10.2. The first-order valence-corrected chi connectivity index (χ1v) is 11.7. The number of piperazine rings is 1. The number of carbonyl (C=O) groups excluding carboxylic acids is 1. The molecule has 2 aromatic carbocycles. The quantitative estimate of drug-likeness (QED) is 0.484. The van der Waals surface area contributed by atoms with Crippen molar-refractivity contribution >= 4 is 28.1 Å². The molecule has 0 saturated carbocycles. The molecule has 4 rings (SSSR count). The van der Waals surface area contributed by atoms with Gasteiger partial charge in [0.05, 0.1) is 5.69 Å². The van der Waals surface area contributed by atoms with E-state index in [1.807, 2.05) is 23.3 Å². The Hall–Kier alpha value is -3.10. The number of hydrogen-bond donors (Lipinski definition) is 2.